The van der Waals surface area contributed by atoms with Gasteiger partial charge in [-0.1, -0.05) is 0 Å². The molecule has 0 spiro atoms. The van der Waals surface area contributed by atoms with Crippen LogP contribution in [0.15, 0.2) is 24.0 Å². The molecule has 0 aromatic carbocycles. The van der Waals surface area contributed by atoms with E-state index in [1.165, 1.54) is 11.3 Å². The van der Waals surface area contributed by atoms with Gasteiger partial charge in [0.1, 0.15) is 10.7 Å². The van der Waals surface area contributed by atoms with Crippen molar-refractivity contribution in [2.75, 3.05) is 12.3 Å². The highest BCUT2D eigenvalue weighted by Gasteiger charge is 2.10. The zero-order valence-electron chi connectivity index (χ0n) is 12.5. The highest BCUT2D eigenvalue weighted by molar-refractivity contribution is 7.89. The number of rotatable bonds is 8. The number of nitrogens with one attached hydrogen (secondary N) is 2. The van der Waals surface area contributed by atoms with Gasteiger partial charge in [0.25, 0.3) is 0 Å². The molecule has 22 heavy (non-hydrogen) atoms. The van der Waals surface area contributed by atoms with E-state index in [9.17, 15) is 8.42 Å². The van der Waals surface area contributed by atoms with Gasteiger partial charge in [-0.05, 0) is 13.8 Å². The van der Waals surface area contributed by atoms with Crippen molar-refractivity contribution in [3.8, 4) is 10.7 Å². The minimum atomic E-state index is -3.15. The van der Waals surface area contributed by atoms with Gasteiger partial charge in [-0.25, -0.2) is 18.1 Å². The summed E-state index contributed by atoms with van der Waals surface area (Å²) in [4.78, 5) is 12.7. The standard InChI is InChI=1S/C13H19N5O2S2/c1-3-22(19,20)17-6-10(2)16-7-11-9-21-13(18-11)12-8-14-4-5-15-12/h4-5,8-10,16-17H,3,6-7H2,1-2H3/t10-/m1/s1. The quantitative estimate of drug-likeness (QED) is 0.744. The van der Waals surface area contributed by atoms with Crippen molar-refractivity contribution < 1.29 is 8.42 Å². The minimum absolute atomic E-state index is 0.0167. The SMILES string of the molecule is CCS(=O)(=O)NC[C@@H](C)NCc1csc(-c2cnccn2)n1. The lowest BCUT2D eigenvalue weighted by Crippen LogP contribution is -2.39. The van der Waals surface area contributed by atoms with Crippen LogP contribution in [0.1, 0.15) is 19.5 Å². The van der Waals surface area contributed by atoms with Gasteiger partial charge in [0, 0.05) is 36.9 Å². The van der Waals surface area contributed by atoms with Crippen molar-refractivity contribution in [3.05, 3.63) is 29.7 Å². The summed E-state index contributed by atoms with van der Waals surface area (Å²) in [5.41, 5.74) is 1.65. The van der Waals surface area contributed by atoms with E-state index in [-0.39, 0.29) is 11.8 Å². The van der Waals surface area contributed by atoms with Crippen molar-refractivity contribution in [1.29, 1.82) is 0 Å². The van der Waals surface area contributed by atoms with Crippen molar-refractivity contribution in [1.82, 2.24) is 25.0 Å². The number of thiazole rings is 1. The highest BCUT2D eigenvalue weighted by atomic mass is 32.2. The molecule has 0 amide bonds. The van der Waals surface area contributed by atoms with Crippen LogP contribution in [0.25, 0.3) is 10.7 Å². The van der Waals surface area contributed by atoms with Crippen LogP contribution >= 0.6 is 11.3 Å². The second-order valence-electron chi connectivity index (χ2n) is 4.77. The molecule has 2 heterocycles. The first-order valence-electron chi connectivity index (χ1n) is 6.91. The molecule has 0 bridgehead atoms. The van der Waals surface area contributed by atoms with Crippen molar-refractivity contribution in [2.45, 2.75) is 26.4 Å². The number of aromatic nitrogens is 3. The molecule has 0 aliphatic carbocycles. The second-order valence-corrected chi connectivity index (χ2v) is 7.72. The molecule has 0 aliphatic heterocycles. The van der Waals surface area contributed by atoms with Crippen LogP contribution in [0, 0.1) is 0 Å². The summed E-state index contributed by atoms with van der Waals surface area (Å²) in [6.07, 6.45) is 4.94. The smallest absolute Gasteiger partial charge is 0.211 e. The third kappa shape index (κ3) is 5.09. The molecule has 9 heteroatoms. The highest BCUT2D eigenvalue weighted by Crippen LogP contribution is 2.20. The molecule has 2 aromatic rings. The third-order valence-corrected chi connectivity index (χ3v) is 5.24. The van der Waals surface area contributed by atoms with E-state index in [0.29, 0.717) is 13.1 Å². The molecule has 1 atom stereocenters. The van der Waals surface area contributed by atoms with Gasteiger partial charge in [0.15, 0.2) is 0 Å². The van der Waals surface area contributed by atoms with Gasteiger partial charge in [-0.15, -0.1) is 11.3 Å². The molecule has 0 radical (unpaired) electrons. The van der Waals surface area contributed by atoms with E-state index in [2.05, 4.69) is 25.0 Å². The zero-order valence-corrected chi connectivity index (χ0v) is 14.1. The lowest BCUT2D eigenvalue weighted by molar-refractivity contribution is 0.522. The normalized spacial score (nSPS) is 13.2. The van der Waals surface area contributed by atoms with E-state index in [4.69, 9.17) is 0 Å². The van der Waals surface area contributed by atoms with Crippen LogP contribution in [0.5, 0.6) is 0 Å². The lowest BCUT2D eigenvalue weighted by atomic mass is 10.3. The first-order chi connectivity index (χ1) is 10.5. The summed E-state index contributed by atoms with van der Waals surface area (Å²) in [7, 11) is -3.15. The fourth-order valence-corrected chi connectivity index (χ4v) is 3.11. The summed E-state index contributed by atoms with van der Waals surface area (Å²) in [5.74, 6) is 0.0906. The molecule has 0 unspecified atom stereocenters. The second kappa shape index (κ2) is 7.73. The first-order valence-corrected chi connectivity index (χ1v) is 9.45. The van der Waals surface area contributed by atoms with Crippen LogP contribution in [0.2, 0.25) is 0 Å². The molecule has 0 saturated carbocycles. The van der Waals surface area contributed by atoms with Gasteiger partial charge in [-0.3, -0.25) is 9.97 Å². The molecule has 0 fully saturated rings. The summed E-state index contributed by atoms with van der Waals surface area (Å²) in [5, 5.41) is 6.02. The van der Waals surface area contributed by atoms with Crippen molar-refractivity contribution in [2.24, 2.45) is 0 Å². The number of nitrogens with zero attached hydrogens (tertiary/aromatic N) is 3. The Morgan fingerprint density at radius 1 is 1.36 bits per heavy atom. The van der Waals surface area contributed by atoms with Crippen molar-refractivity contribution >= 4 is 21.4 Å². The Labute approximate surface area is 134 Å². The Balaban J connectivity index is 1.84. The van der Waals surface area contributed by atoms with Crippen molar-refractivity contribution in [3.63, 3.8) is 0 Å². The number of hydrogen-bond donors (Lipinski definition) is 2. The van der Waals surface area contributed by atoms with Crippen LogP contribution < -0.4 is 10.0 Å². The monoisotopic (exact) mass is 341 g/mol. The molecule has 0 aliphatic rings. The maximum atomic E-state index is 11.4. The van der Waals surface area contributed by atoms with Crippen LogP contribution in [0.4, 0.5) is 0 Å². The van der Waals surface area contributed by atoms with Gasteiger partial charge in [-0.2, -0.15) is 0 Å². The maximum Gasteiger partial charge on any atom is 0.211 e. The average Bonchev–Trinajstić information content (AvgIpc) is 3.01. The molecule has 0 saturated heterocycles. The largest absolute Gasteiger partial charge is 0.307 e. The Morgan fingerprint density at radius 3 is 2.86 bits per heavy atom. The molecule has 2 N–H and O–H groups in total. The van der Waals surface area contributed by atoms with E-state index in [1.807, 2.05) is 12.3 Å². The fourth-order valence-electron chi connectivity index (χ4n) is 1.62. The molecular formula is C13H19N5O2S2. The van der Waals surface area contributed by atoms with Crippen LogP contribution in [-0.4, -0.2) is 41.7 Å². The van der Waals surface area contributed by atoms with Gasteiger partial charge in [0.05, 0.1) is 17.6 Å². The lowest BCUT2D eigenvalue weighted by Gasteiger charge is -2.13. The number of sulfonamides is 1. The van der Waals surface area contributed by atoms with Gasteiger partial charge >= 0.3 is 0 Å². The average molecular weight is 341 g/mol. The Morgan fingerprint density at radius 2 is 2.18 bits per heavy atom. The van der Waals surface area contributed by atoms with E-state index < -0.39 is 10.0 Å². The van der Waals surface area contributed by atoms with E-state index in [1.54, 1.807) is 25.5 Å². The van der Waals surface area contributed by atoms with Crippen LogP contribution in [-0.2, 0) is 16.6 Å². The zero-order chi connectivity index (χ0) is 16.0. The first kappa shape index (κ1) is 16.9. The third-order valence-electron chi connectivity index (χ3n) is 2.96. The topological polar surface area (TPSA) is 96.9 Å². The molecule has 7 nitrogen and oxygen atoms in total. The predicted molar refractivity (Wildman–Crippen MR) is 86.9 cm³/mol. The molecule has 2 aromatic heterocycles. The summed E-state index contributed by atoms with van der Waals surface area (Å²) >= 11 is 1.51. The fraction of sp³-hybridized carbons (Fsp3) is 0.462. The maximum absolute atomic E-state index is 11.4. The molecular weight excluding hydrogens is 322 g/mol. The Kier molecular flexibility index (Phi) is 5.95. The van der Waals surface area contributed by atoms with Gasteiger partial charge < -0.3 is 5.32 Å². The predicted octanol–water partition coefficient (Wildman–Crippen LogP) is 1.02. The van der Waals surface area contributed by atoms with Crippen LogP contribution in [0.3, 0.4) is 0 Å². The number of hydrogen-bond acceptors (Lipinski definition) is 7. The summed E-state index contributed by atoms with van der Waals surface area (Å²) in [6.45, 7) is 4.47. The summed E-state index contributed by atoms with van der Waals surface area (Å²) < 4.78 is 25.3. The van der Waals surface area contributed by atoms with Gasteiger partial charge in [0.2, 0.25) is 10.0 Å². The molecule has 2 rings (SSSR count). The Bertz CT molecular complexity index is 687. The minimum Gasteiger partial charge on any atom is -0.307 e. The van der Waals surface area contributed by atoms with E-state index >= 15 is 0 Å². The Hall–Kier alpha value is -1.42. The molecule has 120 valence electrons. The summed E-state index contributed by atoms with van der Waals surface area (Å²) in [6, 6.07) is 0.0167. The van der Waals surface area contributed by atoms with E-state index in [0.717, 1.165) is 16.4 Å².